The molecule has 126 valence electrons. The Hall–Kier alpha value is -2.28. The first-order chi connectivity index (χ1) is 11.7. The first-order valence-electron chi connectivity index (χ1n) is 7.95. The Kier molecular flexibility index (Phi) is 5.20. The van der Waals surface area contributed by atoms with Gasteiger partial charge in [0.25, 0.3) is 5.22 Å². The molecule has 0 radical (unpaired) electrons. The van der Waals surface area contributed by atoms with Crippen LogP contribution in [-0.2, 0) is 11.3 Å². The first-order valence-corrected chi connectivity index (χ1v) is 8.83. The van der Waals surface area contributed by atoms with Crippen LogP contribution in [0.4, 0.5) is 0 Å². The summed E-state index contributed by atoms with van der Waals surface area (Å²) in [5.74, 6) is 0.944. The van der Waals surface area contributed by atoms with Gasteiger partial charge in [-0.25, -0.2) is 9.97 Å². The molecule has 1 aromatic carbocycles. The summed E-state index contributed by atoms with van der Waals surface area (Å²) in [6.45, 7) is 5.21. The van der Waals surface area contributed by atoms with Crippen molar-refractivity contribution < 1.29 is 9.21 Å². The van der Waals surface area contributed by atoms with Crippen molar-refractivity contribution in [2.45, 2.75) is 37.3 Å². The van der Waals surface area contributed by atoms with E-state index >= 15 is 0 Å². The zero-order valence-electron chi connectivity index (χ0n) is 13.7. The van der Waals surface area contributed by atoms with Crippen molar-refractivity contribution in [1.82, 2.24) is 19.9 Å². The number of fused-ring (bicyclic) bond motifs is 1. The highest BCUT2D eigenvalue weighted by molar-refractivity contribution is 8.00. The second-order valence-corrected chi connectivity index (χ2v) is 6.58. The fourth-order valence-corrected chi connectivity index (χ4v) is 3.29. The number of carbonyl (C=O) groups excluding carboxylic acids is 1. The lowest BCUT2D eigenvalue weighted by Gasteiger charge is -2.13. The lowest BCUT2D eigenvalue weighted by Crippen LogP contribution is -2.34. The van der Waals surface area contributed by atoms with E-state index in [1.807, 2.05) is 48.9 Å². The Morgan fingerprint density at radius 1 is 1.42 bits per heavy atom. The van der Waals surface area contributed by atoms with Crippen molar-refractivity contribution in [1.29, 1.82) is 0 Å². The number of carbonyl (C=O) groups is 1. The molecule has 6 nitrogen and oxygen atoms in total. The quantitative estimate of drug-likeness (QED) is 0.667. The van der Waals surface area contributed by atoms with E-state index in [4.69, 9.17) is 4.42 Å². The van der Waals surface area contributed by atoms with E-state index in [1.54, 1.807) is 6.20 Å². The summed E-state index contributed by atoms with van der Waals surface area (Å²) < 4.78 is 7.70. The van der Waals surface area contributed by atoms with E-state index < -0.39 is 0 Å². The molecule has 24 heavy (non-hydrogen) atoms. The molecule has 0 fully saturated rings. The summed E-state index contributed by atoms with van der Waals surface area (Å²) in [5.41, 5.74) is 1.55. The van der Waals surface area contributed by atoms with Crippen molar-refractivity contribution in [2.24, 2.45) is 0 Å². The molecule has 0 spiro atoms. The maximum absolute atomic E-state index is 12.4. The third kappa shape index (κ3) is 3.79. The van der Waals surface area contributed by atoms with Gasteiger partial charge < -0.3 is 14.3 Å². The number of rotatable bonds is 7. The van der Waals surface area contributed by atoms with Crippen LogP contribution in [0.25, 0.3) is 11.1 Å². The Bertz CT molecular complexity index is 794. The summed E-state index contributed by atoms with van der Waals surface area (Å²) in [7, 11) is 0. The predicted octanol–water partition coefficient (Wildman–Crippen LogP) is 3.02. The van der Waals surface area contributed by atoms with Crippen LogP contribution in [0.1, 0.15) is 19.2 Å². The fraction of sp³-hybridized carbons (Fsp3) is 0.353. The molecule has 2 heterocycles. The van der Waals surface area contributed by atoms with E-state index in [9.17, 15) is 4.79 Å². The number of amides is 1. The third-order valence-corrected chi connectivity index (χ3v) is 4.96. The van der Waals surface area contributed by atoms with Gasteiger partial charge in [0.1, 0.15) is 11.3 Å². The molecule has 3 rings (SSSR count). The second-order valence-electron chi connectivity index (χ2n) is 5.42. The fourth-order valence-electron chi connectivity index (χ4n) is 2.40. The summed E-state index contributed by atoms with van der Waals surface area (Å²) in [5, 5.41) is 3.29. The van der Waals surface area contributed by atoms with Crippen molar-refractivity contribution in [3.05, 3.63) is 42.5 Å². The van der Waals surface area contributed by atoms with Crippen molar-refractivity contribution >= 4 is 28.8 Å². The topological polar surface area (TPSA) is 73.0 Å². The number of thioether (sulfide) groups is 1. The van der Waals surface area contributed by atoms with E-state index in [2.05, 4.69) is 15.3 Å². The maximum atomic E-state index is 12.4. The monoisotopic (exact) mass is 344 g/mol. The van der Waals surface area contributed by atoms with E-state index in [-0.39, 0.29) is 11.2 Å². The molecule has 3 aromatic rings. The SMILES string of the molecule is CC[C@H](Sc1nc2ccccc2o1)C(=O)NCCn1ccnc1C. The van der Waals surface area contributed by atoms with Gasteiger partial charge in [-0.2, -0.15) is 0 Å². The minimum absolute atomic E-state index is 0.00234. The van der Waals surface area contributed by atoms with Gasteiger partial charge in [-0.3, -0.25) is 4.79 Å². The zero-order valence-corrected chi connectivity index (χ0v) is 14.5. The zero-order chi connectivity index (χ0) is 16.9. The summed E-state index contributed by atoms with van der Waals surface area (Å²) in [6.07, 6.45) is 4.38. The Morgan fingerprint density at radius 2 is 2.25 bits per heavy atom. The normalized spacial score (nSPS) is 12.4. The molecule has 0 aliphatic carbocycles. The van der Waals surface area contributed by atoms with Crippen LogP contribution in [-0.4, -0.2) is 32.2 Å². The smallest absolute Gasteiger partial charge is 0.257 e. The molecule has 0 aliphatic heterocycles. The summed E-state index contributed by atoms with van der Waals surface area (Å²) >= 11 is 1.36. The van der Waals surface area contributed by atoms with Crippen LogP contribution < -0.4 is 5.32 Å². The van der Waals surface area contributed by atoms with Gasteiger partial charge in [-0.05, 0) is 25.5 Å². The van der Waals surface area contributed by atoms with Crippen LogP contribution in [0.5, 0.6) is 0 Å². The molecule has 0 saturated carbocycles. The van der Waals surface area contributed by atoms with Gasteiger partial charge in [0.2, 0.25) is 5.91 Å². The average Bonchev–Trinajstić information content (AvgIpc) is 3.18. The van der Waals surface area contributed by atoms with Crippen LogP contribution in [0.15, 0.2) is 46.3 Å². The molecule has 2 aromatic heterocycles. The van der Waals surface area contributed by atoms with Crippen LogP contribution >= 0.6 is 11.8 Å². The number of hydrogen-bond acceptors (Lipinski definition) is 5. The molecule has 1 N–H and O–H groups in total. The summed E-state index contributed by atoms with van der Waals surface area (Å²) in [4.78, 5) is 21.0. The average molecular weight is 344 g/mol. The van der Waals surface area contributed by atoms with Crippen LogP contribution in [0.2, 0.25) is 0 Å². The minimum Gasteiger partial charge on any atom is -0.431 e. The van der Waals surface area contributed by atoms with E-state index in [1.165, 1.54) is 11.8 Å². The highest BCUT2D eigenvalue weighted by atomic mass is 32.2. The van der Waals surface area contributed by atoms with Gasteiger partial charge >= 0.3 is 0 Å². The molecular weight excluding hydrogens is 324 g/mol. The van der Waals surface area contributed by atoms with Gasteiger partial charge in [0.15, 0.2) is 5.58 Å². The molecular formula is C17H20N4O2S. The number of imidazole rings is 1. The first kappa shape index (κ1) is 16.6. The number of hydrogen-bond donors (Lipinski definition) is 1. The number of benzene rings is 1. The number of nitrogens with zero attached hydrogens (tertiary/aromatic N) is 3. The van der Waals surface area contributed by atoms with Gasteiger partial charge in [-0.1, -0.05) is 30.8 Å². The Morgan fingerprint density at radius 3 is 2.96 bits per heavy atom. The maximum Gasteiger partial charge on any atom is 0.257 e. The highest BCUT2D eigenvalue weighted by Crippen LogP contribution is 2.28. The van der Waals surface area contributed by atoms with Crippen molar-refractivity contribution in [3.63, 3.8) is 0 Å². The third-order valence-electron chi connectivity index (χ3n) is 3.76. The second kappa shape index (κ2) is 7.53. The largest absolute Gasteiger partial charge is 0.431 e. The number of nitrogens with one attached hydrogen (secondary N) is 1. The number of aryl methyl sites for hydroxylation is 1. The van der Waals surface area contributed by atoms with Crippen molar-refractivity contribution in [3.8, 4) is 0 Å². The molecule has 7 heteroatoms. The molecule has 0 unspecified atom stereocenters. The highest BCUT2D eigenvalue weighted by Gasteiger charge is 2.20. The Balaban J connectivity index is 1.56. The van der Waals surface area contributed by atoms with Gasteiger partial charge in [0, 0.05) is 25.5 Å². The number of oxazole rings is 1. The molecule has 1 amide bonds. The number of para-hydroxylation sites is 2. The minimum atomic E-state index is -0.220. The van der Waals surface area contributed by atoms with Crippen molar-refractivity contribution in [2.75, 3.05) is 6.54 Å². The molecule has 1 atom stereocenters. The number of aromatic nitrogens is 3. The van der Waals surface area contributed by atoms with Crippen LogP contribution in [0.3, 0.4) is 0 Å². The lowest BCUT2D eigenvalue weighted by atomic mass is 10.3. The van der Waals surface area contributed by atoms with E-state index in [0.717, 1.165) is 16.9 Å². The standard InChI is InChI=1S/C17H20N4O2S/c1-3-15(16(22)19-9-11-21-10-8-18-12(21)2)24-17-20-13-6-4-5-7-14(13)23-17/h4-8,10,15H,3,9,11H2,1-2H3,(H,19,22)/t15-/m0/s1. The lowest BCUT2D eigenvalue weighted by molar-refractivity contribution is -0.120. The molecule has 0 saturated heterocycles. The van der Waals surface area contributed by atoms with Gasteiger partial charge in [0.05, 0.1) is 5.25 Å². The van der Waals surface area contributed by atoms with E-state index in [0.29, 0.717) is 24.7 Å². The van der Waals surface area contributed by atoms with Crippen LogP contribution in [0, 0.1) is 6.92 Å². The van der Waals surface area contributed by atoms with Gasteiger partial charge in [-0.15, -0.1) is 0 Å². The Labute approximate surface area is 144 Å². The molecule has 0 bridgehead atoms. The summed E-state index contributed by atoms with van der Waals surface area (Å²) in [6, 6.07) is 7.60. The predicted molar refractivity (Wildman–Crippen MR) is 93.9 cm³/mol. The molecule has 0 aliphatic rings.